The summed E-state index contributed by atoms with van der Waals surface area (Å²) in [6, 6.07) is 5.29. The minimum absolute atomic E-state index is 0.195. The molecule has 0 bridgehead atoms. The molecule has 0 saturated heterocycles. The second-order valence-electron chi connectivity index (χ2n) is 6.46. The summed E-state index contributed by atoms with van der Waals surface area (Å²) in [6.45, 7) is 8.99. The summed E-state index contributed by atoms with van der Waals surface area (Å²) in [7, 11) is 3.21. The second-order valence-corrected chi connectivity index (χ2v) is 7.44. The first-order chi connectivity index (χ1) is 14.0. The Bertz CT molecular complexity index is 939. The highest BCUT2D eigenvalue weighted by Gasteiger charge is 2.26. The molecule has 3 rings (SSSR count). The standard InChI is InChI=1S/C20H26N4O4S/c1-6-23(7-2)10-11-24(19(25)16-12-13(3)22-28-16)20-21-17-14(26-4)8-9-15(27-5)18(17)29-20/h8-9,12H,6-7,10-11H2,1-5H3. The minimum Gasteiger partial charge on any atom is -0.495 e. The molecular weight excluding hydrogens is 392 g/mol. The van der Waals surface area contributed by atoms with Crippen molar-refractivity contribution >= 4 is 32.6 Å². The van der Waals surface area contributed by atoms with Crippen molar-refractivity contribution in [1.82, 2.24) is 15.0 Å². The Balaban J connectivity index is 2.03. The molecule has 0 spiro atoms. The number of likely N-dealkylation sites (N-methyl/N-ethyl adjacent to an activating group) is 1. The number of aryl methyl sites for hydroxylation is 1. The zero-order valence-electron chi connectivity index (χ0n) is 17.4. The van der Waals surface area contributed by atoms with Crippen LogP contribution < -0.4 is 14.4 Å². The quantitative estimate of drug-likeness (QED) is 0.525. The third-order valence-corrected chi connectivity index (χ3v) is 5.84. The van der Waals surface area contributed by atoms with Crippen molar-refractivity contribution < 1.29 is 18.8 Å². The smallest absolute Gasteiger partial charge is 0.298 e. The van der Waals surface area contributed by atoms with E-state index in [0.29, 0.717) is 34.4 Å². The Hall–Kier alpha value is -2.65. The summed E-state index contributed by atoms with van der Waals surface area (Å²) < 4.78 is 17.0. The Labute approximate surface area is 174 Å². The molecule has 9 heteroatoms. The summed E-state index contributed by atoms with van der Waals surface area (Å²) in [5.74, 6) is 1.25. The largest absolute Gasteiger partial charge is 0.495 e. The number of thiazole rings is 1. The molecule has 8 nitrogen and oxygen atoms in total. The SMILES string of the molecule is CCN(CC)CCN(C(=O)c1cc(C)no1)c1nc2c(OC)ccc(OC)c2s1. The molecule has 0 fully saturated rings. The molecule has 2 heterocycles. The zero-order chi connectivity index (χ0) is 21.0. The molecule has 0 aliphatic heterocycles. The number of fused-ring (bicyclic) bond motifs is 1. The van der Waals surface area contributed by atoms with Gasteiger partial charge in [0.05, 0.1) is 19.9 Å². The van der Waals surface area contributed by atoms with E-state index in [0.717, 1.165) is 24.3 Å². The second kappa shape index (κ2) is 9.23. The van der Waals surface area contributed by atoms with Gasteiger partial charge in [0.2, 0.25) is 5.76 Å². The van der Waals surface area contributed by atoms with Crippen molar-refractivity contribution in [1.29, 1.82) is 0 Å². The van der Waals surface area contributed by atoms with Gasteiger partial charge in [-0.15, -0.1) is 0 Å². The van der Waals surface area contributed by atoms with Crippen LogP contribution in [0.25, 0.3) is 10.2 Å². The highest BCUT2D eigenvalue weighted by atomic mass is 32.1. The van der Waals surface area contributed by atoms with Crippen molar-refractivity contribution in [2.24, 2.45) is 0 Å². The van der Waals surface area contributed by atoms with Gasteiger partial charge in [-0.05, 0) is 32.1 Å². The number of hydrogen-bond donors (Lipinski definition) is 0. The van der Waals surface area contributed by atoms with Gasteiger partial charge >= 0.3 is 0 Å². The lowest BCUT2D eigenvalue weighted by molar-refractivity contribution is 0.0948. The Kier molecular flexibility index (Phi) is 6.71. The predicted molar refractivity (Wildman–Crippen MR) is 113 cm³/mol. The average Bonchev–Trinajstić information content (AvgIpc) is 3.36. The van der Waals surface area contributed by atoms with Crippen LogP contribution in [0.1, 0.15) is 30.1 Å². The van der Waals surface area contributed by atoms with Crippen LogP contribution in [0.4, 0.5) is 5.13 Å². The van der Waals surface area contributed by atoms with Crippen molar-refractivity contribution in [3.05, 3.63) is 29.7 Å². The number of aromatic nitrogens is 2. The number of nitrogens with zero attached hydrogens (tertiary/aromatic N) is 4. The van der Waals surface area contributed by atoms with Crippen molar-refractivity contribution in [3.63, 3.8) is 0 Å². The number of anilines is 1. The summed E-state index contributed by atoms with van der Waals surface area (Å²) in [4.78, 5) is 21.8. The Morgan fingerprint density at radius 1 is 1.14 bits per heavy atom. The predicted octanol–water partition coefficient (Wildman–Crippen LogP) is 3.60. The molecule has 2 aromatic heterocycles. The highest BCUT2D eigenvalue weighted by Crippen LogP contribution is 2.40. The first-order valence-electron chi connectivity index (χ1n) is 9.51. The minimum atomic E-state index is -0.269. The van der Waals surface area contributed by atoms with Gasteiger partial charge in [0.25, 0.3) is 5.91 Å². The van der Waals surface area contributed by atoms with Gasteiger partial charge in [-0.2, -0.15) is 0 Å². The van der Waals surface area contributed by atoms with Crippen LogP contribution in [0.3, 0.4) is 0 Å². The van der Waals surface area contributed by atoms with E-state index in [2.05, 4.69) is 23.9 Å². The van der Waals surface area contributed by atoms with Gasteiger partial charge in [0.15, 0.2) is 5.13 Å². The van der Waals surface area contributed by atoms with Gasteiger partial charge in [-0.1, -0.05) is 30.3 Å². The molecule has 0 aliphatic rings. The monoisotopic (exact) mass is 418 g/mol. The average molecular weight is 419 g/mol. The van der Waals surface area contributed by atoms with E-state index in [4.69, 9.17) is 19.0 Å². The molecule has 0 unspecified atom stereocenters. The van der Waals surface area contributed by atoms with Crippen LogP contribution in [0.5, 0.6) is 11.5 Å². The Morgan fingerprint density at radius 3 is 2.41 bits per heavy atom. The van der Waals surface area contributed by atoms with E-state index in [1.165, 1.54) is 11.3 Å². The lowest BCUT2D eigenvalue weighted by atomic mass is 10.3. The molecule has 156 valence electrons. The van der Waals surface area contributed by atoms with E-state index >= 15 is 0 Å². The van der Waals surface area contributed by atoms with E-state index in [-0.39, 0.29) is 11.7 Å². The normalized spacial score (nSPS) is 11.2. The first-order valence-corrected chi connectivity index (χ1v) is 10.3. The topological polar surface area (TPSA) is 80.9 Å². The van der Waals surface area contributed by atoms with Gasteiger partial charge < -0.3 is 18.9 Å². The summed E-state index contributed by atoms with van der Waals surface area (Å²) in [5.41, 5.74) is 1.32. The van der Waals surface area contributed by atoms with Gasteiger partial charge in [-0.3, -0.25) is 9.69 Å². The fourth-order valence-electron chi connectivity index (χ4n) is 3.05. The van der Waals surface area contributed by atoms with Crippen molar-refractivity contribution in [2.75, 3.05) is 45.3 Å². The molecule has 1 aromatic carbocycles. The number of methoxy groups -OCH3 is 2. The fraction of sp³-hybridized carbons (Fsp3) is 0.450. The highest BCUT2D eigenvalue weighted by molar-refractivity contribution is 7.22. The maximum atomic E-state index is 13.2. The van der Waals surface area contributed by atoms with Crippen LogP contribution in [-0.4, -0.2) is 61.3 Å². The number of amides is 1. The van der Waals surface area contributed by atoms with Crippen LogP contribution in [0, 0.1) is 6.92 Å². The third kappa shape index (κ3) is 4.35. The molecule has 1 amide bonds. The van der Waals surface area contributed by atoms with Gasteiger partial charge in [0, 0.05) is 19.2 Å². The van der Waals surface area contributed by atoms with Crippen molar-refractivity contribution in [2.45, 2.75) is 20.8 Å². The molecule has 29 heavy (non-hydrogen) atoms. The van der Waals surface area contributed by atoms with E-state index < -0.39 is 0 Å². The molecule has 0 saturated carbocycles. The maximum Gasteiger partial charge on any atom is 0.298 e. The molecule has 0 N–H and O–H groups in total. The van der Waals surface area contributed by atoms with Crippen LogP contribution in [-0.2, 0) is 0 Å². The zero-order valence-corrected chi connectivity index (χ0v) is 18.2. The number of rotatable bonds is 9. The van der Waals surface area contributed by atoms with Crippen LogP contribution in [0.2, 0.25) is 0 Å². The fourth-order valence-corrected chi connectivity index (χ4v) is 4.15. The molecule has 0 radical (unpaired) electrons. The van der Waals surface area contributed by atoms with Gasteiger partial charge in [-0.25, -0.2) is 4.98 Å². The number of benzene rings is 1. The van der Waals surface area contributed by atoms with Crippen LogP contribution >= 0.6 is 11.3 Å². The molecular formula is C20H26N4O4S. The van der Waals surface area contributed by atoms with Crippen LogP contribution in [0.15, 0.2) is 22.7 Å². The van der Waals surface area contributed by atoms with E-state index in [1.807, 2.05) is 12.1 Å². The van der Waals surface area contributed by atoms with E-state index in [9.17, 15) is 4.79 Å². The lowest BCUT2D eigenvalue weighted by Gasteiger charge is -2.23. The summed E-state index contributed by atoms with van der Waals surface area (Å²) in [6.07, 6.45) is 0. The number of carbonyl (C=O) groups excluding carboxylic acids is 1. The van der Waals surface area contributed by atoms with Gasteiger partial charge in [0.1, 0.15) is 21.7 Å². The lowest BCUT2D eigenvalue weighted by Crippen LogP contribution is -2.38. The number of carbonyl (C=O) groups is 1. The van der Waals surface area contributed by atoms with E-state index in [1.54, 1.807) is 32.1 Å². The number of ether oxygens (including phenoxy) is 2. The molecule has 0 aliphatic carbocycles. The first kappa shape index (κ1) is 21.1. The summed E-state index contributed by atoms with van der Waals surface area (Å²) >= 11 is 1.39. The summed E-state index contributed by atoms with van der Waals surface area (Å²) in [5, 5.41) is 4.41. The molecule has 3 aromatic rings. The molecule has 0 atom stereocenters. The Morgan fingerprint density at radius 2 is 1.83 bits per heavy atom. The number of hydrogen-bond acceptors (Lipinski definition) is 8. The van der Waals surface area contributed by atoms with Crippen molar-refractivity contribution in [3.8, 4) is 11.5 Å². The third-order valence-electron chi connectivity index (χ3n) is 4.75. The maximum absolute atomic E-state index is 13.2.